The summed E-state index contributed by atoms with van der Waals surface area (Å²) >= 11 is 0. The second-order valence-corrected chi connectivity index (χ2v) is 4.83. The van der Waals surface area contributed by atoms with Crippen molar-refractivity contribution in [2.24, 2.45) is 0 Å². The summed E-state index contributed by atoms with van der Waals surface area (Å²) in [6, 6.07) is 15.4. The minimum absolute atomic E-state index is 0.263. The molecule has 0 aliphatic carbocycles. The summed E-state index contributed by atoms with van der Waals surface area (Å²) < 4.78 is 0. The number of carboxylic acid groups (broad SMARTS) is 1. The van der Waals surface area contributed by atoms with Crippen molar-refractivity contribution in [3.05, 3.63) is 70.0 Å². The number of fused-ring (bicyclic) bond motifs is 1. The van der Waals surface area contributed by atoms with Crippen molar-refractivity contribution in [2.75, 3.05) is 11.5 Å². The van der Waals surface area contributed by atoms with Crippen LogP contribution in [0.2, 0.25) is 0 Å². The van der Waals surface area contributed by atoms with Gasteiger partial charge < -0.3 is 21.6 Å². The molecule has 0 fully saturated rings. The molecule has 3 rings (SSSR count). The van der Waals surface area contributed by atoms with Crippen LogP contribution in [-0.4, -0.2) is 16.1 Å². The van der Waals surface area contributed by atoms with Crippen LogP contribution in [0, 0.1) is 11.3 Å². The number of aromatic amines is 1. The maximum absolute atomic E-state index is 11.6. The Bertz CT molecular complexity index is 985. The Labute approximate surface area is 136 Å². The number of para-hydroxylation sites is 1. The summed E-state index contributed by atoms with van der Waals surface area (Å²) in [7, 11) is 0. The van der Waals surface area contributed by atoms with Crippen molar-refractivity contribution in [1.29, 1.82) is 5.26 Å². The number of carboxylic acids is 1. The van der Waals surface area contributed by atoms with Gasteiger partial charge in [0.2, 0.25) is 5.43 Å². The van der Waals surface area contributed by atoms with E-state index in [9.17, 15) is 9.59 Å². The van der Waals surface area contributed by atoms with E-state index in [4.69, 9.17) is 21.8 Å². The molecule has 0 aliphatic heterocycles. The molecule has 0 unspecified atom stereocenters. The van der Waals surface area contributed by atoms with Gasteiger partial charge in [-0.1, -0.05) is 12.1 Å². The number of carbonyl (C=O) groups is 1. The molecule has 0 bridgehead atoms. The summed E-state index contributed by atoms with van der Waals surface area (Å²) in [6.45, 7) is 0. The number of nitrogen functional groups attached to an aromatic ring is 2. The Morgan fingerprint density at radius 2 is 1.71 bits per heavy atom. The molecule has 0 spiro atoms. The van der Waals surface area contributed by atoms with Crippen LogP contribution in [0.3, 0.4) is 0 Å². The standard InChI is InChI=1S/C10H8N2O3.C7H6N2/c11-7-8(10(14)15)12-6-4-2-1-3-5(6)9(7)13;8-5-6-1-3-7(9)4-2-6/h1-4H,11H2,(H,12,13)(H,14,15);1-4H,9H2. The van der Waals surface area contributed by atoms with E-state index in [1.807, 2.05) is 6.07 Å². The molecule has 24 heavy (non-hydrogen) atoms. The highest BCUT2D eigenvalue weighted by atomic mass is 16.4. The maximum Gasteiger partial charge on any atom is 0.354 e. The molecule has 0 atom stereocenters. The lowest BCUT2D eigenvalue weighted by Crippen LogP contribution is -2.16. The Morgan fingerprint density at radius 1 is 1.08 bits per heavy atom. The van der Waals surface area contributed by atoms with E-state index in [0.717, 1.165) is 0 Å². The van der Waals surface area contributed by atoms with E-state index in [-0.39, 0.29) is 11.4 Å². The normalized spacial score (nSPS) is 9.62. The van der Waals surface area contributed by atoms with Crippen LogP contribution in [0.15, 0.2) is 53.3 Å². The van der Waals surface area contributed by atoms with Gasteiger partial charge in [-0.05, 0) is 36.4 Å². The Morgan fingerprint density at radius 3 is 2.29 bits per heavy atom. The van der Waals surface area contributed by atoms with Crippen LogP contribution in [0.25, 0.3) is 10.9 Å². The molecule has 120 valence electrons. The average molecular weight is 322 g/mol. The number of pyridine rings is 1. The minimum Gasteiger partial charge on any atom is -0.477 e. The lowest BCUT2D eigenvalue weighted by Gasteiger charge is -2.03. The summed E-state index contributed by atoms with van der Waals surface area (Å²) in [4.78, 5) is 25.0. The first-order chi connectivity index (χ1) is 11.4. The van der Waals surface area contributed by atoms with Crippen LogP contribution < -0.4 is 16.9 Å². The first kappa shape index (κ1) is 16.6. The van der Waals surface area contributed by atoms with Crippen LogP contribution in [0.5, 0.6) is 0 Å². The quantitative estimate of drug-likeness (QED) is 0.504. The first-order valence-electron chi connectivity index (χ1n) is 6.83. The number of hydrogen-bond donors (Lipinski definition) is 4. The van der Waals surface area contributed by atoms with E-state index >= 15 is 0 Å². The highest BCUT2D eigenvalue weighted by Crippen LogP contribution is 2.12. The topological polar surface area (TPSA) is 146 Å². The Hall–Kier alpha value is -3.79. The van der Waals surface area contributed by atoms with Crippen LogP contribution >= 0.6 is 0 Å². The summed E-state index contributed by atoms with van der Waals surface area (Å²) in [6.07, 6.45) is 0. The predicted octanol–water partition coefficient (Wildman–Crippen LogP) is 1.95. The summed E-state index contributed by atoms with van der Waals surface area (Å²) in [5, 5.41) is 17.5. The van der Waals surface area contributed by atoms with Gasteiger partial charge >= 0.3 is 5.97 Å². The smallest absolute Gasteiger partial charge is 0.354 e. The number of nitrogens with two attached hydrogens (primary N) is 2. The highest BCUT2D eigenvalue weighted by Gasteiger charge is 2.13. The van der Waals surface area contributed by atoms with Gasteiger partial charge in [-0.2, -0.15) is 5.26 Å². The Kier molecular flexibility index (Phi) is 4.82. The average Bonchev–Trinajstić information content (AvgIpc) is 2.59. The molecular formula is C17H14N4O3. The molecule has 7 heteroatoms. The fraction of sp³-hybridized carbons (Fsp3) is 0. The number of aromatic nitrogens is 1. The molecule has 1 heterocycles. The van der Waals surface area contributed by atoms with Crippen molar-refractivity contribution in [3.8, 4) is 6.07 Å². The van der Waals surface area contributed by atoms with Crippen LogP contribution in [0.4, 0.5) is 11.4 Å². The van der Waals surface area contributed by atoms with Crippen LogP contribution in [-0.2, 0) is 0 Å². The van der Waals surface area contributed by atoms with E-state index in [1.54, 1.807) is 48.5 Å². The molecule has 0 radical (unpaired) electrons. The van der Waals surface area contributed by atoms with Crippen molar-refractivity contribution in [3.63, 3.8) is 0 Å². The lowest BCUT2D eigenvalue weighted by atomic mass is 10.1. The predicted molar refractivity (Wildman–Crippen MR) is 91.5 cm³/mol. The second-order valence-electron chi connectivity index (χ2n) is 4.83. The van der Waals surface area contributed by atoms with Crippen molar-refractivity contribution < 1.29 is 9.90 Å². The third kappa shape index (κ3) is 3.51. The molecule has 0 amide bonds. The summed E-state index contributed by atoms with van der Waals surface area (Å²) in [5.41, 5.74) is 11.6. The number of anilines is 2. The molecule has 7 nitrogen and oxygen atoms in total. The van der Waals surface area contributed by atoms with Crippen LogP contribution in [0.1, 0.15) is 16.1 Å². The number of nitriles is 1. The number of aromatic carboxylic acids is 1. The largest absolute Gasteiger partial charge is 0.477 e. The second kappa shape index (κ2) is 6.98. The van der Waals surface area contributed by atoms with Gasteiger partial charge in [0.15, 0.2) is 5.69 Å². The maximum atomic E-state index is 11.6. The van der Waals surface area contributed by atoms with Gasteiger partial charge in [0, 0.05) is 11.1 Å². The molecule has 0 aliphatic rings. The van der Waals surface area contributed by atoms with Gasteiger partial charge in [0.05, 0.1) is 17.1 Å². The fourth-order valence-electron chi connectivity index (χ4n) is 1.98. The third-order valence-corrected chi connectivity index (χ3v) is 3.20. The van der Waals surface area contributed by atoms with E-state index < -0.39 is 11.4 Å². The molecule has 0 saturated carbocycles. The van der Waals surface area contributed by atoms with E-state index in [0.29, 0.717) is 22.2 Å². The van der Waals surface area contributed by atoms with Gasteiger partial charge in [-0.15, -0.1) is 0 Å². The zero-order valence-electron chi connectivity index (χ0n) is 12.5. The zero-order valence-corrected chi connectivity index (χ0v) is 12.5. The SMILES string of the molecule is N#Cc1ccc(N)cc1.Nc1c(C(=O)O)[nH]c2ccccc2c1=O. The highest BCUT2D eigenvalue weighted by molar-refractivity contribution is 5.95. The van der Waals surface area contributed by atoms with Crippen molar-refractivity contribution >= 4 is 28.2 Å². The fourth-order valence-corrected chi connectivity index (χ4v) is 1.98. The van der Waals surface area contributed by atoms with Crippen molar-refractivity contribution in [1.82, 2.24) is 4.98 Å². The molecular weight excluding hydrogens is 308 g/mol. The van der Waals surface area contributed by atoms with Gasteiger partial charge in [0.1, 0.15) is 5.69 Å². The minimum atomic E-state index is -1.24. The van der Waals surface area contributed by atoms with Gasteiger partial charge in [0.25, 0.3) is 0 Å². The number of rotatable bonds is 1. The number of nitrogens with one attached hydrogen (secondary N) is 1. The Balaban J connectivity index is 0.000000198. The third-order valence-electron chi connectivity index (χ3n) is 3.20. The first-order valence-corrected chi connectivity index (χ1v) is 6.83. The lowest BCUT2D eigenvalue weighted by molar-refractivity contribution is 0.0692. The van der Waals surface area contributed by atoms with Crippen molar-refractivity contribution in [2.45, 2.75) is 0 Å². The molecule has 6 N–H and O–H groups in total. The molecule has 1 aromatic heterocycles. The van der Waals surface area contributed by atoms with E-state index in [1.165, 1.54) is 0 Å². The van der Waals surface area contributed by atoms with E-state index in [2.05, 4.69) is 4.98 Å². The summed E-state index contributed by atoms with van der Waals surface area (Å²) in [5.74, 6) is -1.24. The molecule has 2 aromatic carbocycles. The number of benzene rings is 2. The number of hydrogen-bond acceptors (Lipinski definition) is 5. The van der Waals surface area contributed by atoms with Gasteiger partial charge in [-0.25, -0.2) is 4.79 Å². The number of nitrogens with zero attached hydrogens (tertiary/aromatic N) is 1. The molecule has 3 aromatic rings. The number of H-pyrrole nitrogens is 1. The molecule has 0 saturated heterocycles. The van der Waals surface area contributed by atoms with Gasteiger partial charge in [-0.3, -0.25) is 4.79 Å². The monoisotopic (exact) mass is 322 g/mol. The zero-order chi connectivity index (χ0) is 17.7.